The molecule has 0 N–H and O–H groups in total. The summed E-state index contributed by atoms with van der Waals surface area (Å²) in [6.07, 6.45) is 6.38. The summed E-state index contributed by atoms with van der Waals surface area (Å²) >= 11 is 0. The summed E-state index contributed by atoms with van der Waals surface area (Å²) in [5.41, 5.74) is 3.55. The van der Waals surface area contributed by atoms with Crippen molar-refractivity contribution in [3.8, 4) is 11.3 Å². The summed E-state index contributed by atoms with van der Waals surface area (Å²) in [4.78, 5) is 4.26. The predicted octanol–water partition coefficient (Wildman–Crippen LogP) is 3.21. The van der Waals surface area contributed by atoms with Crippen molar-refractivity contribution in [2.75, 3.05) is 13.2 Å². The molecule has 0 saturated carbocycles. The number of ether oxygens (including phenoxy) is 1. The van der Waals surface area contributed by atoms with Crippen molar-refractivity contribution in [3.63, 3.8) is 0 Å². The van der Waals surface area contributed by atoms with Gasteiger partial charge in [0.05, 0.1) is 12.6 Å². The van der Waals surface area contributed by atoms with Crippen LogP contribution < -0.4 is 0 Å². The van der Waals surface area contributed by atoms with E-state index < -0.39 is 0 Å². The van der Waals surface area contributed by atoms with E-state index in [0.29, 0.717) is 6.04 Å². The summed E-state index contributed by atoms with van der Waals surface area (Å²) in [7, 11) is 0. The van der Waals surface area contributed by atoms with Gasteiger partial charge in [-0.05, 0) is 44.0 Å². The summed E-state index contributed by atoms with van der Waals surface area (Å²) in [6.45, 7) is 3.76. The van der Waals surface area contributed by atoms with Crippen LogP contribution in [0, 0.1) is 6.92 Å². The molecule has 3 rings (SSSR count). The molecular weight excluding hydrogens is 224 g/mol. The second kappa shape index (κ2) is 4.94. The molecule has 94 valence electrons. The van der Waals surface area contributed by atoms with Gasteiger partial charge in [0.1, 0.15) is 0 Å². The average molecular weight is 242 g/mol. The predicted molar refractivity (Wildman–Crippen MR) is 71.5 cm³/mol. The second-order valence-corrected chi connectivity index (χ2v) is 4.86. The van der Waals surface area contributed by atoms with Gasteiger partial charge in [0, 0.05) is 36.0 Å². The Labute approximate surface area is 107 Å². The lowest BCUT2D eigenvalue weighted by atomic mass is 10.1. The van der Waals surface area contributed by atoms with Gasteiger partial charge in [0.15, 0.2) is 0 Å². The molecule has 3 heterocycles. The number of aromatic nitrogens is 2. The number of pyridine rings is 1. The summed E-state index contributed by atoms with van der Waals surface area (Å²) in [6, 6.07) is 8.96. The highest BCUT2D eigenvalue weighted by Crippen LogP contribution is 2.28. The molecule has 0 amide bonds. The molecule has 2 aromatic rings. The minimum Gasteiger partial charge on any atom is -0.379 e. The lowest BCUT2D eigenvalue weighted by Gasteiger charge is -2.25. The van der Waals surface area contributed by atoms with Gasteiger partial charge < -0.3 is 9.30 Å². The van der Waals surface area contributed by atoms with Gasteiger partial charge in [-0.1, -0.05) is 0 Å². The van der Waals surface area contributed by atoms with Crippen molar-refractivity contribution in [1.29, 1.82) is 0 Å². The molecule has 0 radical (unpaired) electrons. The van der Waals surface area contributed by atoms with Gasteiger partial charge in [-0.2, -0.15) is 0 Å². The summed E-state index contributed by atoms with van der Waals surface area (Å²) in [5.74, 6) is 0. The molecule has 1 fully saturated rings. The SMILES string of the molecule is Cc1cc(-c2cccn2C2CCCOC2)ccn1. The largest absolute Gasteiger partial charge is 0.379 e. The maximum absolute atomic E-state index is 5.59. The zero-order valence-corrected chi connectivity index (χ0v) is 10.7. The van der Waals surface area contributed by atoms with Crippen molar-refractivity contribution >= 4 is 0 Å². The standard InChI is InChI=1S/C15H18N2O/c1-12-10-13(6-7-16-12)15-5-2-8-17(15)14-4-3-9-18-11-14/h2,5-8,10,14H,3-4,9,11H2,1H3. The van der Waals surface area contributed by atoms with Gasteiger partial charge in [-0.25, -0.2) is 0 Å². The van der Waals surface area contributed by atoms with Crippen molar-refractivity contribution in [2.24, 2.45) is 0 Å². The first-order chi connectivity index (χ1) is 8.84. The van der Waals surface area contributed by atoms with Crippen LogP contribution in [0.1, 0.15) is 24.6 Å². The molecule has 0 aliphatic carbocycles. The minimum atomic E-state index is 0.470. The van der Waals surface area contributed by atoms with E-state index in [1.165, 1.54) is 17.7 Å². The summed E-state index contributed by atoms with van der Waals surface area (Å²) < 4.78 is 7.93. The van der Waals surface area contributed by atoms with Crippen LogP contribution in [0.2, 0.25) is 0 Å². The van der Waals surface area contributed by atoms with E-state index in [1.54, 1.807) is 0 Å². The van der Waals surface area contributed by atoms with Crippen LogP contribution >= 0.6 is 0 Å². The molecule has 1 unspecified atom stereocenters. The smallest absolute Gasteiger partial charge is 0.0673 e. The van der Waals surface area contributed by atoms with Gasteiger partial charge >= 0.3 is 0 Å². The van der Waals surface area contributed by atoms with E-state index in [-0.39, 0.29) is 0 Å². The molecule has 1 atom stereocenters. The number of rotatable bonds is 2. The van der Waals surface area contributed by atoms with Crippen LogP contribution in [0.25, 0.3) is 11.3 Å². The van der Waals surface area contributed by atoms with E-state index >= 15 is 0 Å². The number of aryl methyl sites for hydroxylation is 1. The fourth-order valence-electron chi connectivity index (χ4n) is 2.60. The third-order valence-electron chi connectivity index (χ3n) is 3.50. The highest BCUT2D eigenvalue weighted by molar-refractivity contribution is 5.60. The first-order valence-corrected chi connectivity index (χ1v) is 6.52. The van der Waals surface area contributed by atoms with Crippen LogP contribution in [0.3, 0.4) is 0 Å². The number of hydrogen-bond acceptors (Lipinski definition) is 2. The van der Waals surface area contributed by atoms with Gasteiger partial charge in [0.25, 0.3) is 0 Å². The van der Waals surface area contributed by atoms with Crippen molar-refractivity contribution in [1.82, 2.24) is 9.55 Å². The Kier molecular flexibility index (Phi) is 3.15. The van der Waals surface area contributed by atoms with E-state index in [0.717, 1.165) is 25.3 Å². The average Bonchev–Trinajstić information content (AvgIpc) is 2.89. The van der Waals surface area contributed by atoms with Crippen molar-refractivity contribution in [3.05, 3.63) is 42.4 Å². The second-order valence-electron chi connectivity index (χ2n) is 4.86. The van der Waals surface area contributed by atoms with Gasteiger partial charge in [0.2, 0.25) is 0 Å². The first-order valence-electron chi connectivity index (χ1n) is 6.52. The normalized spacial score (nSPS) is 19.9. The Morgan fingerprint density at radius 3 is 3.11 bits per heavy atom. The fourth-order valence-corrected chi connectivity index (χ4v) is 2.60. The Balaban J connectivity index is 1.95. The number of hydrogen-bond donors (Lipinski definition) is 0. The lowest BCUT2D eigenvalue weighted by Crippen LogP contribution is -2.21. The van der Waals surface area contributed by atoms with E-state index in [2.05, 4.69) is 40.0 Å². The van der Waals surface area contributed by atoms with E-state index in [1.807, 2.05) is 13.1 Å². The third-order valence-corrected chi connectivity index (χ3v) is 3.50. The monoisotopic (exact) mass is 242 g/mol. The van der Waals surface area contributed by atoms with Crippen LogP contribution in [0.5, 0.6) is 0 Å². The van der Waals surface area contributed by atoms with Gasteiger partial charge in [-0.3, -0.25) is 4.98 Å². The molecule has 18 heavy (non-hydrogen) atoms. The zero-order chi connectivity index (χ0) is 12.4. The zero-order valence-electron chi connectivity index (χ0n) is 10.7. The van der Waals surface area contributed by atoms with Crippen LogP contribution in [-0.4, -0.2) is 22.8 Å². The molecular formula is C15H18N2O. The Morgan fingerprint density at radius 2 is 2.33 bits per heavy atom. The fraction of sp³-hybridized carbons (Fsp3) is 0.400. The first kappa shape index (κ1) is 11.5. The van der Waals surface area contributed by atoms with Gasteiger partial charge in [-0.15, -0.1) is 0 Å². The molecule has 3 nitrogen and oxygen atoms in total. The van der Waals surface area contributed by atoms with Crippen LogP contribution in [0.15, 0.2) is 36.7 Å². The molecule has 1 aliphatic heterocycles. The molecule has 1 aliphatic rings. The third kappa shape index (κ3) is 2.18. The van der Waals surface area contributed by atoms with E-state index in [9.17, 15) is 0 Å². The molecule has 3 heteroatoms. The minimum absolute atomic E-state index is 0.470. The van der Waals surface area contributed by atoms with Crippen LogP contribution in [0.4, 0.5) is 0 Å². The maximum Gasteiger partial charge on any atom is 0.0673 e. The molecule has 0 bridgehead atoms. The van der Waals surface area contributed by atoms with Crippen LogP contribution in [-0.2, 0) is 4.74 Å². The topological polar surface area (TPSA) is 27.1 Å². The van der Waals surface area contributed by atoms with Crippen molar-refractivity contribution in [2.45, 2.75) is 25.8 Å². The lowest BCUT2D eigenvalue weighted by molar-refractivity contribution is 0.0598. The maximum atomic E-state index is 5.59. The van der Waals surface area contributed by atoms with Crippen molar-refractivity contribution < 1.29 is 4.74 Å². The Hall–Kier alpha value is -1.61. The highest BCUT2D eigenvalue weighted by Gasteiger charge is 2.18. The molecule has 0 spiro atoms. The molecule has 2 aromatic heterocycles. The Bertz CT molecular complexity index is 527. The number of nitrogens with zero attached hydrogens (tertiary/aromatic N) is 2. The molecule has 0 aromatic carbocycles. The molecule has 1 saturated heterocycles. The van der Waals surface area contributed by atoms with E-state index in [4.69, 9.17) is 4.74 Å². The highest BCUT2D eigenvalue weighted by atomic mass is 16.5. The summed E-state index contributed by atoms with van der Waals surface area (Å²) in [5, 5.41) is 0. The Morgan fingerprint density at radius 1 is 1.39 bits per heavy atom. The quantitative estimate of drug-likeness (QED) is 0.808.